The Hall–Kier alpha value is -2.69. The summed E-state index contributed by atoms with van der Waals surface area (Å²) >= 11 is 0. The fraction of sp³-hybridized carbons (Fsp3) is 0.350. The molecule has 2 aromatic rings. The summed E-state index contributed by atoms with van der Waals surface area (Å²) < 4.78 is 0. The first-order valence-electron chi connectivity index (χ1n) is 8.71. The number of hydrogen-bond acceptors (Lipinski definition) is 3. The van der Waals surface area contributed by atoms with Crippen LogP contribution in [0.15, 0.2) is 48.8 Å². The van der Waals surface area contributed by atoms with Crippen molar-refractivity contribution < 1.29 is 9.59 Å². The van der Waals surface area contributed by atoms with Crippen LogP contribution in [0, 0.1) is 0 Å². The number of rotatable bonds is 6. The summed E-state index contributed by atoms with van der Waals surface area (Å²) in [5, 5.41) is 3.00. The number of pyridine rings is 1. The molecular weight excluding hydrogens is 314 g/mol. The fourth-order valence-electron chi connectivity index (χ4n) is 3.07. The molecule has 1 fully saturated rings. The second-order valence-electron chi connectivity index (χ2n) is 6.39. The number of nitrogens with one attached hydrogen (secondary N) is 1. The average molecular weight is 337 g/mol. The topological polar surface area (TPSA) is 62.3 Å². The van der Waals surface area contributed by atoms with Gasteiger partial charge in [-0.3, -0.25) is 14.6 Å². The minimum absolute atomic E-state index is 0.0245. The van der Waals surface area contributed by atoms with Crippen LogP contribution in [0.2, 0.25) is 0 Å². The SMILES string of the molecule is C[C@@H](NC(=O)CCN1CCCC1=O)c1ccc(-c2cccnc2)cc1. The first kappa shape index (κ1) is 17.1. The summed E-state index contributed by atoms with van der Waals surface area (Å²) in [6, 6.07) is 12.0. The number of likely N-dealkylation sites (tertiary alicyclic amines) is 1. The molecule has 0 radical (unpaired) electrons. The molecule has 1 aliphatic heterocycles. The molecule has 1 atom stereocenters. The highest BCUT2D eigenvalue weighted by molar-refractivity contribution is 5.80. The number of carbonyl (C=O) groups excluding carboxylic acids is 2. The monoisotopic (exact) mass is 337 g/mol. The number of benzene rings is 1. The predicted molar refractivity (Wildman–Crippen MR) is 96.7 cm³/mol. The molecule has 1 aliphatic rings. The summed E-state index contributed by atoms with van der Waals surface area (Å²) in [5.41, 5.74) is 3.22. The van der Waals surface area contributed by atoms with Crippen molar-refractivity contribution in [1.29, 1.82) is 0 Å². The van der Waals surface area contributed by atoms with Crippen LogP contribution in [0.4, 0.5) is 0 Å². The van der Waals surface area contributed by atoms with Gasteiger partial charge in [0.05, 0.1) is 6.04 Å². The molecule has 25 heavy (non-hydrogen) atoms. The minimum Gasteiger partial charge on any atom is -0.350 e. The van der Waals surface area contributed by atoms with Crippen LogP contribution in [0.5, 0.6) is 0 Å². The first-order valence-corrected chi connectivity index (χ1v) is 8.71. The summed E-state index contributed by atoms with van der Waals surface area (Å²) in [4.78, 5) is 29.6. The molecule has 130 valence electrons. The van der Waals surface area contributed by atoms with Crippen molar-refractivity contribution in [3.05, 3.63) is 54.4 Å². The van der Waals surface area contributed by atoms with Crippen LogP contribution in [0.25, 0.3) is 11.1 Å². The maximum Gasteiger partial charge on any atom is 0.222 e. The lowest BCUT2D eigenvalue weighted by molar-refractivity contribution is -0.128. The van der Waals surface area contributed by atoms with E-state index >= 15 is 0 Å². The van der Waals surface area contributed by atoms with Gasteiger partial charge in [-0.05, 0) is 36.1 Å². The Morgan fingerprint density at radius 2 is 2.04 bits per heavy atom. The molecule has 2 amide bonds. The summed E-state index contributed by atoms with van der Waals surface area (Å²) in [5.74, 6) is 0.135. The van der Waals surface area contributed by atoms with Gasteiger partial charge in [0.1, 0.15) is 0 Å². The molecule has 0 bridgehead atoms. The lowest BCUT2D eigenvalue weighted by atomic mass is 10.0. The van der Waals surface area contributed by atoms with Gasteiger partial charge >= 0.3 is 0 Å². The third-order valence-corrected chi connectivity index (χ3v) is 4.56. The molecule has 1 N–H and O–H groups in total. The largest absolute Gasteiger partial charge is 0.350 e. The molecule has 1 aromatic carbocycles. The van der Waals surface area contributed by atoms with Gasteiger partial charge in [-0.2, -0.15) is 0 Å². The fourth-order valence-corrected chi connectivity index (χ4v) is 3.07. The highest BCUT2D eigenvalue weighted by atomic mass is 16.2. The summed E-state index contributed by atoms with van der Waals surface area (Å²) in [6.45, 7) is 3.26. The van der Waals surface area contributed by atoms with E-state index < -0.39 is 0 Å². The van der Waals surface area contributed by atoms with Gasteiger partial charge < -0.3 is 10.2 Å². The lowest BCUT2D eigenvalue weighted by Gasteiger charge is -2.18. The van der Waals surface area contributed by atoms with Gasteiger partial charge in [0, 0.05) is 38.3 Å². The van der Waals surface area contributed by atoms with E-state index in [1.807, 2.05) is 49.5 Å². The van der Waals surface area contributed by atoms with Gasteiger partial charge in [0.25, 0.3) is 0 Å². The third kappa shape index (κ3) is 4.44. The number of aromatic nitrogens is 1. The molecule has 3 rings (SSSR count). The Balaban J connectivity index is 1.53. The van der Waals surface area contributed by atoms with E-state index in [9.17, 15) is 9.59 Å². The molecule has 1 aromatic heterocycles. The van der Waals surface area contributed by atoms with E-state index in [2.05, 4.69) is 10.3 Å². The van der Waals surface area contributed by atoms with Crippen molar-refractivity contribution in [2.24, 2.45) is 0 Å². The molecule has 0 saturated carbocycles. The highest BCUT2D eigenvalue weighted by Crippen LogP contribution is 2.21. The molecule has 1 saturated heterocycles. The van der Waals surface area contributed by atoms with Gasteiger partial charge in [0.2, 0.25) is 11.8 Å². The zero-order valence-electron chi connectivity index (χ0n) is 14.4. The van der Waals surface area contributed by atoms with Gasteiger partial charge in [-0.25, -0.2) is 0 Å². The van der Waals surface area contributed by atoms with Crippen molar-refractivity contribution in [3.8, 4) is 11.1 Å². The third-order valence-electron chi connectivity index (χ3n) is 4.56. The second-order valence-corrected chi connectivity index (χ2v) is 6.39. The summed E-state index contributed by atoms with van der Waals surface area (Å²) in [7, 11) is 0. The molecule has 2 heterocycles. The zero-order chi connectivity index (χ0) is 17.6. The van der Waals surface area contributed by atoms with Gasteiger partial charge in [-0.1, -0.05) is 30.3 Å². The molecule has 0 unspecified atom stereocenters. The van der Waals surface area contributed by atoms with Crippen LogP contribution >= 0.6 is 0 Å². The predicted octanol–water partition coefficient (Wildman–Crippen LogP) is 2.94. The van der Waals surface area contributed by atoms with E-state index in [1.54, 1.807) is 11.1 Å². The van der Waals surface area contributed by atoms with Crippen molar-refractivity contribution in [2.75, 3.05) is 13.1 Å². The zero-order valence-corrected chi connectivity index (χ0v) is 14.4. The number of hydrogen-bond donors (Lipinski definition) is 1. The molecule has 5 heteroatoms. The minimum atomic E-state index is -0.0651. The Labute approximate surface area is 148 Å². The molecule has 5 nitrogen and oxygen atoms in total. The van der Waals surface area contributed by atoms with Crippen molar-refractivity contribution in [1.82, 2.24) is 15.2 Å². The number of carbonyl (C=O) groups is 2. The van der Waals surface area contributed by atoms with Crippen LogP contribution in [-0.4, -0.2) is 34.8 Å². The second kappa shape index (κ2) is 7.92. The molecule has 0 spiro atoms. The summed E-state index contributed by atoms with van der Waals surface area (Å²) in [6.07, 6.45) is 5.45. The van der Waals surface area contributed by atoms with Crippen LogP contribution in [0.1, 0.15) is 37.8 Å². The van der Waals surface area contributed by atoms with Crippen molar-refractivity contribution in [2.45, 2.75) is 32.2 Å². The average Bonchev–Trinajstić information content (AvgIpc) is 3.06. The highest BCUT2D eigenvalue weighted by Gasteiger charge is 2.20. The van der Waals surface area contributed by atoms with Crippen molar-refractivity contribution >= 4 is 11.8 Å². The smallest absolute Gasteiger partial charge is 0.222 e. The normalized spacial score (nSPS) is 15.2. The van der Waals surface area contributed by atoms with E-state index in [1.165, 1.54) is 0 Å². The van der Waals surface area contributed by atoms with Crippen LogP contribution in [-0.2, 0) is 9.59 Å². The van der Waals surface area contributed by atoms with E-state index in [4.69, 9.17) is 0 Å². The standard InChI is InChI=1S/C20H23N3O2/c1-15(22-19(24)10-13-23-12-3-5-20(23)25)16-6-8-17(9-7-16)18-4-2-11-21-14-18/h2,4,6-9,11,14-15H,3,5,10,12-13H2,1H3,(H,22,24)/t15-/m1/s1. The maximum atomic E-state index is 12.1. The van der Waals surface area contributed by atoms with Crippen LogP contribution < -0.4 is 5.32 Å². The first-order chi connectivity index (χ1) is 12.1. The Morgan fingerprint density at radius 3 is 2.68 bits per heavy atom. The Bertz CT molecular complexity index is 728. The Morgan fingerprint density at radius 1 is 1.24 bits per heavy atom. The van der Waals surface area contributed by atoms with E-state index in [0.29, 0.717) is 19.4 Å². The maximum absolute atomic E-state index is 12.1. The number of nitrogens with zero attached hydrogens (tertiary/aromatic N) is 2. The molecular formula is C20H23N3O2. The van der Waals surface area contributed by atoms with Gasteiger partial charge in [0.15, 0.2) is 0 Å². The Kier molecular flexibility index (Phi) is 5.43. The molecule has 0 aliphatic carbocycles. The van der Waals surface area contributed by atoms with Gasteiger partial charge in [-0.15, -0.1) is 0 Å². The number of amides is 2. The van der Waals surface area contributed by atoms with E-state index in [0.717, 1.165) is 29.7 Å². The van der Waals surface area contributed by atoms with Crippen molar-refractivity contribution in [3.63, 3.8) is 0 Å². The van der Waals surface area contributed by atoms with E-state index in [-0.39, 0.29) is 17.9 Å². The quantitative estimate of drug-likeness (QED) is 0.881. The lowest BCUT2D eigenvalue weighted by Crippen LogP contribution is -2.32. The van der Waals surface area contributed by atoms with Crippen LogP contribution in [0.3, 0.4) is 0 Å².